The van der Waals surface area contributed by atoms with Gasteiger partial charge in [0.25, 0.3) is 5.91 Å². The van der Waals surface area contributed by atoms with Crippen molar-refractivity contribution in [2.75, 3.05) is 0 Å². The summed E-state index contributed by atoms with van der Waals surface area (Å²) >= 11 is 0. The number of halogens is 1. The second-order valence-electron chi connectivity index (χ2n) is 6.37. The Balaban J connectivity index is 1.52. The van der Waals surface area contributed by atoms with Crippen LogP contribution in [0.4, 0.5) is 4.39 Å². The van der Waals surface area contributed by atoms with Gasteiger partial charge in [-0.25, -0.2) is 4.39 Å². The summed E-state index contributed by atoms with van der Waals surface area (Å²) in [7, 11) is 0. The van der Waals surface area contributed by atoms with E-state index in [1.807, 2.05) is 18.2 Å². The van der Waals surface area contributed by atoms with E-state index >= 15 is 0 Å². The van der Waals surface area contributed by atoms with Crippen LogP contribution >= 0.6 is 0 Å². The van der Waals surface area contributed by atoms with Crippen LogP contribution in [0.3, 0.4) is 0 Å². The second-order valence-corrected chi connectivity index (χ2v) is 6.37. The van der Waals surface area contributed by atoms with Gasteiger partial charge in [0.05, 0.1) is 12.7 Å². The molecule has 0 spiro atoms. The highest BCUT2D eigenvalue weighted by Gasteiger charge is 2.16. The van der Waals surface area contributed by atoms with Gasteiger partial charge < -0.3 is 9.15 Å². The van der Waals surface area contributed by atoms with Crippen molar-refractivity contribution in [2.24, 2.45) is 0 Å². The van der Waals surface area contributed by atoms with Gasteiger partial charge in [0.2, 0.25) is 5.91 Å². The van der Waals surface area contributed by atoms with Crippen molar-refractivity contribution in [3.63, 3.8) is 0 Å². The number of hydrogen-bond donors (Lipinski definition) is 2. The molecule has 0 bridgehead atoms. The molecule has 1 unspecified atom stereocenters. The van der Waals surface area contributed by atoms with Crippen LogP contribution in [0, 0.1) is 5.82 Å². The van der Waals surface area contributed by atoms with Crippen molar-refractivity contribution in [1.29, 1.82) is 0 Å². The van der Waals surface area contributed by atoms with E-state index in [1.54, 1.807) is 6.26 Å². The molecule has 2 amide bonds. The minimum atomic E-state index is -0.868. The number of fused-ring (bicyclic) bond motifs is 1. The summed E-state index contributed by atoms with van der Waals surface area (Å²) in [5.41, 5.74) is 7.31. The SMILES string of the molecule is CCc1ccc2c(CC(=O)NNC(=O)C(C)Oc3ccc(F)cc3)coc2c1. The third-order valence-electron chi connectivity index (χ3n) is 4.30. The van der Waals surface area contributed by atoms with Crippen molar-refractivity contribution < 1.29 is 23.1 Å². The zero-order chi connectivity index (χ0) is 20.1. The minimum absolute atomic E-state index is 0.0615. The molecular formula is C21H21FN2O4. The Hall–Kier alpha value is -3.35. The molecule has 0 radical (unpaired) electrons. The summed E-state index contributed by atoms with van der Waals surface area (Å²) in [6.07, 6.45) is 1.64. The van der Waals surface area contributed by atoms with Crippen LogP contribution in [0.1, 0.15) is 25.0 Å². The normalized spacial score (nSPS) is 11.8. The zero-order valence-electron chi connectivity index (χ0n) is 15.6. The fourth-order valence-electron chi connectivity index (χ4n) is 2.71. The number of rotatable bonds is 6. The zero-order valence-corrected chi connectivity index (χ0v) is 15.6. The Morgan fingerprint density at radius 2 is 1.89 bits per heavy atom. The molecule has 3 aromatic rings. The van der Waals surface area contributed by atoms with Gasteiger partial charge in [-0.1, -0.05) is 19.1 Å². The molecule has 2 N–H and O–H groups in total. The summed E-state index contributed by atoms with van der Waals surface area (Å²) in [6.45, 7) is 3.58. The lowest BCUT2D eigenvalue weighted by molar-refractivity contribution is -0.132. The van der Waals surface area contributed by atoms with E-state index in [0.717, 1.165) is 28.5 Å². The van der Waals surface area contributed by atoms with Crippen molar-refractivity contribution in [3.05, 3.63) is 65.7 Å². The molecule has 7 heteroatoms. The highest BCUT2D eigenvalue weighted by atomic mass is 19.1. The molecule has 1 aromatic heterocycles. The number of aryl methyl sites for hydroxylation is 1. The Labute approximate surface area is 161 Å². The molecule has 146 valence electrons. The number of nitrogens with one attached hydrogen (secondary N) is 2. The van der Waals surface area contributed by atoms with Gasteiger partial charge >= 0.3 is 0 Å². The van der Waals surface area contributed by atoms with Gasteiger partial charge in [0.1, 0.15) is 17.1 Å². The molecule has 1 heterocycles. The van der Waals surface area contributed by atoms with Crippen molar-refractivity contribution in [2.45, 2.75) is 32.8 Å². The Morgan fingerprint density at radius 1 is 1.14 bits per heavy atom. The Bertz CT molecular complexity index is 982. The summed E-state index contributed by atoms with van der Waals surface area (Å²) in [5, 5.41) is 0.867. The van der Waals surface area contributed by atoms with E-state index in [2.05, 4.69) is 17.8 Å². The standard InChI is InChI=1S/C21H21FN2O4/c1-3-14-4-9-18-15(12-27-19(18)10-14)11-20(25)23-24-21(26)13(2)28-17-7-5-16(22)6-8-17/h4-10,12-13H,3,11H2,1-2H3,(H,23,25)(H,24,26). The first kappa shape index (κ1) is 19.4. The summed E-state index contributed by atoms with van der Waals surface area (Å²) in [5.74, 6) is -0.951. The van der Waals surface area contributed by atoms with Crippen LogP contribution < -0.4 is 15.6 Å². The summed E-state index contributed by atoms with van der Waals surface area (Å²) < 4.78 is 23.8. The number of benzene rings is 2. The molecule has 28 heavy (non-hydrogen) atoms. The summed E-state index contributed by atoms with van der Waals surface area (Å²) in [4.78, 5) is 24.2. The number of ether oxygens (including phenoxy) is 1. The van der Waals surface area contributed by atoms with E-state index in [4.69, 9.17) is 9.15 Å². The van der Waals surface area contributed by atoms with Gasteiger partial charge in [0, 0.05) is 10.9 Å². The van der Waals surface area contributed by atoms with Gasteiger partial charge in [-0.05, 0) is 49.2 Å². The third-order valence-corrected chi connectivity index (χ3v) is 4.30. The summed E-state index contributed by atoms with van der Waals surface area (Å²) in [6, 6.07) is 11.2. The molecule has 3 rings (SSSR count). The lowest BCUT2D eigenvalue weighted by Crippen LogP contribution is -2.47. The van der Waals surface area contributed by atoms with Crippen molar-refractivity contribution in [1.82, 2.24) is 10.9 Å². The van der Waals surface area contributed by atoms with E-state index in [9.17, 15) is 14.0 Å². The van der Waals surface area contributed by atoms with E-state index in [-0.39, 0.29) is 12.3 Å². The highest BCUT2D eigenvalue weighted by molar-refractivity contribution is 5.89. The third kappa shape index (κ3) is 4.68. The van der Waals surface area contributed by atoms with E-state index in [1.165, 1.54) is 31.2 Å². The smallest absolute Gasteiger partial charge is 0.279 e. The monoisotopic (exact) mass is 384 g/mol. The number of carbonyl (C=O) groups is 2. The van der Waals surface area contributed by atoms with E-state index in [0.29, 0.717) is 5.75 Å². The maximum absolute atomic E-state index is 12.9. The molecule has 6 nitrogen and oxygen atoms in total. The molecular weight excluding hydrogens is 363 g/mol. The van der Waals surface area contributed by atoms with Crippen LogP contribution in [0.2, 0.25) is 0 Å². The molecule has 0 aliphatic rings. The van der Waals surface area contributed by atoms with Crippen LogP contribution in [-0.2, 0) is 22.4 Å². The van der Waals surface area contributed by atoms with Crippen LogP contribution in [-0.4, -0.2) is 17.9 Å². The lowest BCUT2D eigenvalue weighted by Gasteiger charge is -2.15. The van der Waals surface area contributed by atoms with Gasteiger partial charge in [0.15, 0.2) is 6.10 Å². The molecule has 2 aromatic carbocycles. The molecule has 0 aliphatic carbocycles. The topological polar surface area (TPSA) is 80.6 Å². The highest BCUT2D eigenvalue weighted by Crippen LogP contribution is 2.23. The van der Waals surface area contributed by atoms with Crippen LogP contribution in [0.5, 0.6) is 5.75 Å². The van der Waals surface area contributed by atoms with Crippen molar-refractivity contribution >= 4 is 22.8 Å². The number of carbonyl (C=O) groups excluding carboxylic acids is 2. The van der Waals surface area contributed by atoms with Crippen LogP contribution in [0.15, 0.2) is 53.1 Å². The fourth-order valence-corrected chi connectivity index (χ4v) is 2.71. The first-order chi connectivity index (χ1) is 13.5. The van der Waals surface area contributed by atoms with E-state index < -0.39 is 17.8 Å². The Morgan fingerprint density at radius 3 is 2.61 bits per heavy atom. The fraction of sp³-hybridized carbons (Fsp3) is 0.238. The van der Waals surface area contributed by atoms with Gasteiger partial charge in [-0.3, -0.25) is 20.4 Å². The minimum Gasteiger partial charge on any atom is -0.481 e. The molecule has 1 atom stereocenters. The molecule has 0 saturated heterocycles. The number of hydrazine groups is 1. The molecule has 0 fully saturated rings. The second kappa shape index (κ2) is 8.56. The largest absolute Gasteiger partial charge is 0.481 e. The number of hydrogen-bond acceptors (Lipinski definition) is 4. The van der Waals surface area contributed by atoms with Crippen molar-refractivity contribution in [3.8, 4) is 5.75 Å². The van der Waals surface area contributed by atoms with Gasteiger partial charge in [-0.15, -0.1) is 0 Å². The quantitative estimate of drug-likeness (QED) is 0.639. The molecule has 0 aliphatic heterocycles. The van der Waals surface area contributed by atoms with Crippen LogP contribution in [0.25, 0.3) is 11.0 Å². The first-order valence-electron chi connectivity index (χ1n) is 8.96. The molecule has 0 saturated carbocycles. The average Bonchev–Trinajstić information content (AvgIpc) is 3.09. The maximum atomic E-state index is 12.9. The lowest BCUT2D eigenvalue weighted by atomic mass is 10.1. The predicted octanol–water partition coefficient (Wildman–Crippen LogP) is 3.29. The van der Waals surface area contributed by atoms with Gasteiger partial charge in [-0.2, -0.15) is 0 Å². The number of amides is 2. The number of furan rings is 1. The Kier molecular flexibility index (Phi) is 5.93. The average molecular weight is 384 g/mol. The first-order valence-corrected chi connectivity index (χ1v) is 8.96. The predicted molar refractivity (Wildman–Crippen MR) is 102 cm³/mol. The maximum Gasteiger partial charge on any atom is 0.279 e.